The molecule has 0 aliphatic heterocycles. The van der Waals surface area contributed by atoms with Gasteiger partial charge in [-0.3, -0.25) is 4.79 Å². The zero-order valence-electron chi connectivity index (χ0n) is 18.4. The lowest BCUT2D eigenvalue weighted by atomic mass is 9.96. The second-order valence-electron chi connectivity index (χ2n) is 8.30. The highest BCUT2D eigenvalue weighted by molar-refractivity contribution is 5.84. The topological polar surface area (TPSA) is 84.7 Å². The largest absolute Gasteiger partial charge is 0.366 e. The number of benzene rings is 2. The molecule has 1 aliphatic carbocycles. The maximum absolute atomic E-state index is 13.6. The Kier molecular flexibility index (Phi) is 5.73. The Labute approximate surface area is 191 Å². The molecule has 0 saturated carbocycles. The summed E-state index contributed by atoms with van der Waals surface area (Å²) in [6, 6.07) is 12.5. The summed E-state index contributed by atoms with van der Waals surface area (Å²) < 4.78 is 15.4. The van der Waals surface area contributed by atoms with Crippen molar-refractivity contribution in [3.8, 4) is 5.95 Å². The number of rotatable bonds is 6. The molecule has 2 aromatic heterocycles. The number of amides is 1. The van der Waals surface area contributed by atoms with E-state index in [4.69, 9.17) is 9.97 Å². The zero-order valence-corrected chi connectivity index (χ0v) is 18.4. The second kappa shape index (κ2) is 8.97. The zero-order chi connectivity index (χ0) is 22.8. The maximum atomic E-state index is 13.6. The van der Waals surface area contributed by atoms with E-state index >= 15 is 0 Å². The Hall–Kier alpha value is -3.81. The van der Waals surface area contributed by atoms with Crippen LogP contribution in [0.15, 0.2) is 48.7 Å². The number of carbonyl (C=O) groups excluding carboxylic acids is 1. The molecule has 4 aromatic rings. The summed E-state index contributed by atoms with van der Waals surface area (Å²) in [4.78, 5) is 21.1. The number of nitrogens with one attached hydrogen (secondary N) is 2. The molecule has 2 aromatic carbocycles. The quantitative estimate of drug-likeness (QED) is 0.468. The van der Waals surface area contributed by atoms with E-state index in [1.54, 1.807) is 16.9 Å². The van der Waals surface area contributed by atoms with Gasteiger partial charge in [0, 0.05) is 31.0 Å². The van der Waals surface area contributed by atoms with Gasteiger partial charge in [-0.15, -0.1) is 0 Å². The summed E-state index contributed by atoms with van der Waals surface area (Å²) in [5, 5.41) is 11.8. The molecule has 0 bridgehead atoms. The van der Waals surface area contributed by atoms with Crippen LogP contribution in [-0.2, 0) is 30.7 Å². The fourth-order valence-electron chi connectivity index (χ4n) is 4.30. The van der Waals surface area contributed by atoms with Gasteiger partial charge in [0.1, 0.15) is 11.6 Å². The monoisotopic (exact) mass is 444 g/mol. The van der Waals surface area contributed by atoms with Crippen molar-refractivity contribution in [2.45, 2.75) is 45.7 Å². The number of halogens is 1. The summed E-state index contributed by atoms with van der Waals surface area (Å²) in [6.07, 6.45) is 5.79. The van der Waals surface area contributed by atoms with E-state index in [1.165, 1.54) is 19.1 Å². The van der Waals surface area contributed by atoms with Gasteiger partial charge in [-0.1, -0.05) is 24.3 Å². The van der Waals surface area contributed by atoms with E-state index in [9.17, 15) is 9.18 Å². The van der Waals surface area contributed by atoms with Crippen molar-refractivity contribution in [3.05, 3.63) is 76.9 Å². The van der Waals surface area contributed by atoms with E-state index in [-0.39, 0.29) is 11.7 Å². The van der Waals surface area contributed by atoms with Crippen LogP contribution >= 0.6 is 0 Å². The first-order chi connectivity index (χ1) is 16.1. The first kappa shape index (κ1) is 21.1. The van der Waals surface area contributed by atoms with Crippen molar-refractivity contribution in [3.63, 3.8) is 0 Å². The van der Waals surface area contributed by atoms with Crippen LogP contribution in [0.2, 0.25) is 0 Å². The SMILES string of the molecule is CC(=O)NCc1cccc2c1cnn2-c1nc2c(c(NCc3cccc(F)c3)n1)CCCC2. The summed E-state index contributed by atoms with van der Waals surface area (Å²) in [5.41, 5.74) is 4.88. The fourth-order valence-corrected chi connectivity index (χ4v) is 4.30. The first-order valence-corrected chi connectivity index (χ1v) is 11.2. The molecular weight excluding hydrogens is 419 g/mol. The molecule has 2 N–H and O–H groups in total. The van der Waals surface area contributed by atoms with Gasteiger partial charge in [0.15, 0.2) is 0 Å². The molecule has 2 heterocycles. The number of aryl methyl sites for hydroxylation is 1. The smallest absolute Gasteiger partial charge is 0.253 e. The molecular formula is C25H25FN6O. The molecule has 5 rings (SSSR count). The van der Waals surface area contributed by atoms with Crippen LogP contribution < -0.4 is 10.6 Å². The molecule has 1 amide bonds. The third-order valence-electron chi connectivity index (χ3n) is 5.94. The van der Waals surface area contributed by atoms with Gasteiger partial charge in [-0.05, 0) is 55.0 Å². The maximum Gasteiger partial charge on any atom is 0.253 e. The molecule has 7 nitrogen and oxygen atoms in total. The number of nitrogens with zero attached hydrogens (tertiary/aromatic N) is 4. The van der Waals surface area contributed by atoms with E-state index in [0.29, 0.717) is 19.0 Å². The third kappa shape index (κ3) is 4.41. The van der Waals surface area contributed by atoms with Gasteiger partial charge >= 0.3 is 0 Å². The van der Waals surface area contributed by atoms with E-state index in [0.717, 1.165) is 64.8 Å². The molecule has 0 atom stereocenters. The molecule has 0 radical (unpaired) electrons. The highest BCUT2D eigenvalue weighted by Gasteiger charge is 2.20. The molecule has 0 unspecified atom stereocenters. The summed E-state index contributed by atoms with van der Waals surface area (Å²) in [6.45, 7) is 2.41. The van der Waals surface area contributed by atoms with Gasteiger partial charge in [-0.25, -0.2) is 9.37 Å². The average molecular weight is 445 g/mol. The molecule has 1 aliphatic rings. The van der Waals surface area contributed by atoms with Crippen LogP contribution in [0.4, 0.5) is 10.2 Å². The predicted octanol–water partition coefficient (Wildman–Crippen LogP) is 4.08. The van der Waals surface area contributed by atoms with Crippen molar-refractivity contribution in [2.24, 2.45) is 0 Å². The fraction of sp³-hybridized carbons (Fsp3) is 0.280. The Balaban J connectivity index is 1.52. The first-order valence-electron chi connectivity index (χ1n) is 11.2. The lowest BCUT2D eigenvalue weighted by molar-refractivity contribution is -0.119. The van der Waals surface area contributed by atoms with Crippen molar-refractivity contribution in [2.75, 3.05) is 5.32 Å². The van der Waals surface area contributed by atoms with Crippen LogP contribution in [0.1, 0.15) is 42.1 Å². The van der Waals surface area contributed by atoms with Gasteiger partial charge in [0.25, 0.3) is 5.95 Å². The standard InChI is InChI=1S/C25H25FN6O/c1-16(33)27-14-18-7-5-11-23-21(18)15-29-32(23)25-30-22-10-3-2-9-20(22)24(31-25)28-13-17-6-4-8-19(26)12-17/h4-8,11-12,15H,2-3,9-10,13-14H2,1H3,(H,27,33)(H,28,30,31). The van der Waals surface area contributed by atoms with Gasteiger partial charge < -0.3 is 10.6 Å². The van der Waals surface area contributed by atoms with Crippen LogP contribution in [0, 0.1) is 5.82 Å². The Morgan fingerprint density at radius 2 is 1.94 bits per heavy atom. The van der Waals surface area contributed by atoms with E-state index in [2.05, 4.69) is 15.7 Å². The number of hydrogen-bond acceptors (Lipinski definition) is 5. The summed E-state index contributed by atoms with van der Waals surface area (Å²) >= 11 is 0. The molecule has 0 fully saturated rings. The molecule has 0 saturated heterocycles. The van der Waals surface area contributed by atoms with E-state index in [1.807, 2.05) is 24.3 Å². The lowest BCUT2D eigenvalue weighted by Gasteiger charge is -2.20. The highest BCUT2D eigenvalue weighted by atomic mass is 19.1. The molecule has 8 heteroatoms. The third-order valence-corrected chi connectivity index (χ3v) is 5.94. The number of carbonyl (C=O) groups is 1. The molecule has 168 valence electrons. The van der Waals surface area contributed by atoms with Crippen LogP contribution in [0.5, 0.6) is 0 Å². The van der Waals surface area contributed by atoms with E-state index < -0.39 is 0 Å². The van der Waals surface area contributed by atoms with Crippen LogP contribution in [0.3, 0.4) is 0 Å². The van der Waals surface area contributed by atoms with Crippen molar-refractivity contribution >= 4 is 22.6 Å². The summed E-state index contributed by atoms with van der Waals surface area (Å²) in [7, 11) is 0. The minimum absolute atomic E-state index is 0.0774. The van der Waals surface area contributed by atoms with Crippen molar-refractivity contribution in [1.82, 2.24) is 25.1 Å². The van der Waals surface area contributed by atoms with Gasteiger partial charge in [0.05, 0.1) is 17.4 Å². The Bertz CT molecular complexity index is 1330. The number of fused-ring (bicyclic) bond motifs is 2. The van der Waals surface area contributed by atoms with Gasteiger partial charge in [0.2, 0.25) is 5.91 Å². The van der Waals surface area contributed by atoms with Crippen LogP contribution in [0.25, 0.3) is 16.9 Å². The number of aromatic nitrogens is 4. The van der Waals surface area contributed by atoms with Gasteiger partial charge in [-0.2, -0.15) is 14.8 Å². The summed E-state index contributed by atoms with van der Waals surface area (Å²) in [5.74, 6) is 0.949. The molecule has 33 heavy (non-hydrogen) atoms. The predicted molar refractivity (Wildman–Crippen MR) is 125 cm³/mol. The minimum atomic E-state index is -0.252. The van der Waals surface area contributed by atoms with Crippen molar-refractivity contribution < 1.29 is 9.18 Å². The number of anilines is 1. The Morgan fingerprint density at radius 1 is 1.09 bits per heavy atom. The average Bonchev–Trinajstić information content (AvgIpc) is 3.26. The Morgan fingerprint density at radius 3 is 2.79 bits per heavy atom. The normalized spacial score (nSPS) is 13.0. The van der Waals surface area contributed by atoms with Crippen molar-refractivity contribution in [1.29, 1.82) is 0 Å². The molecule has 0 spiro atoms. The minimum Gasteiger partial charge on any atom is -0.366 e. The second-order valence-corrected chi connectivity index (χ2v) is 8.30. The number of hydrogen-bond donors (Lipinski definition) is 2. The lowest BCUT2D eigenvalue weighted by Crippen LogP contribution is -2.19. The highest BCUT2D eigenvalue weighted by Crippen LogP contribution is 2.28. The van der Waals surface area contributed by atoms with Crippen LogP contribution in [-0.4, -0.2) is 25.7 Å².